The normalized spacial score (nSPS) is 12.5. The fraction of sp³-hybridized carbons (Fsp3) is 0.471. The van der Waals surface area contributed by atoms with Crippen molar-refractivity contribution in [1.29, 1.82) is 0 Å². The molecule has 0 radical (unpaired) electrons. The maximum atomic E-state index is 4.37. The molecule has 2 rings (SSSR count). The van der Waals surface area contributed by atoms with E-state index in [1.807, 2.05) is 10.9 Å². The van der Waals surface area contributed by atoms with Crippen LogP contribution in [0.5, 0.6) is 0 Å². The quantitative estimate of drug-likeness (QED) is 0.784. The van der Waals surface area contributed by atoms with Crippen LogP contribution < -0.4 is 5.32 Å². The van der Waals surface area contributed by atoms with Crippen molar-refractivity contribution in [3.8, 4) is 0 Å². The van der Waals surface area contributed by atoms with E-state index in [0.29, 0.717) is 6.04 Å². The van der Waals surface area contributed by atoms with Crippen LogP contribution in [0.25, 0.3) is 0 Å². The fourth-order valence-electron chi connectivity index (χ4n) is 2.48. The standard InChI is InChI=1S/C17H24BrN3/c1-3-8-19-17(10-14-6-5-7-16(18)9-14)11-15-12-20-21(4-2)13-15/h5-7,9,12-13,17,19H,3-4,8,10-11H2,1-2H3. The Morgan fingerprint density at radius 1 is 1.24 bits per heavy atom. The molecule has 0 aliphatic rings. The second kappa shape index (κ2) is 8.35. The van der Waals surface area contributed by atoms with Crippen molar-refractivity contribution in [3.05, 3.63) is 52.3 Å². The van der Waals surface area contributed by atoms with Crippen LogP contribution in [0, 0.1) is 0 Å². The largest absolute Gasteiger partial charge is 0.313 e. The van der Waals surface area contributed by atoms with Crippen molar-refractivity contribution < 1.29 is 0 Å². The van der Waals surface area contributed by atoms with E-state index in [2.05, 4.69) is 70.7 Å². The van der Waals surface area contributed by atoms with Gasteiger partial charge in [0.25, 0.3) is 0 Å². The topological polar surface area (TPSA) is 29.9 Å². The Labute approximate surface area is 135 Å². The first-order valence-corrected chi connectivity index (χ1v) is 8.49. The Balaban J connectivity index is 2.03. The molecule has 0 saturated heterocycles. The third-order valence-corrected chi connectivity index (χ3v) is 4.04. The van der Waals surface area contributed by atoms with Gasteiger partial charge in [0.2, 0.25) is 0 Å². The molecule has 1 aromatic carbocycles. The highest BCUT2D eigenvalue weighted by Crippen LogP contribution is 2.15. The van der Waals surface area contributed by atoms with E-state index in [9.17, 15) is 0 Å². The van der Waals surface area contributed by atoms with E-state index >= 15 is 0 Å². The summed E-state index contributed by atoms with van der Waals surface area (Å²) in [5.41, 5.74) is 2.67. The van der Waals surface area contributed by atoms with Gasteiger partial charge in [0.05, 0.1) is 6.20 Å². The minimum absolute atomic E-state index is 0.453. The Morgan fingerprint density at radius 2 is 2.05 bits per heavy atom. The zero-order valence-corrected chi connectivity index (χ0v) is 14.4. The van der Waals surface area contributed by atoms with Gasteiger partial charge in [-0.25, -0.2) is 0 Å². The molecule has 21 heavy (non-hydrogen) atoms. The monoisotopic (exact) mass is 349 g/mol. The lowest BCUT2D eigenvalue weighted by Crippen LogP contribution is -2.33. The molecule has 0 amide bonds. The average molecular weight is 350 g/mol. The molecule has 4 heteroatoms. The van der Waals surface area contributed by atoms with E-state index in [1.165, 1.54) is 11.1 Å². The molecule has 0 bridgehead atoms. The van der Waals surface area contributed by atoms with Gasteiger partial charge in [0.15, 0.2) is 0 Å². The summed E-state index contributed by atoms with van der Waals surface area (Å²) in [7, 11) is 0. The van der Waals surface area contributed by atoms with Crippen LogP contribution in [0.3, 0.4) is 0 Å². The van der Waals surface area contributed by atoms with Crippen LogP contribution in [0.2, 0.25) is 0 Å². The molecular weight excluding hydrogens is 326 g/mol. The number of hydrogen-bond donors (Lipinski definition) is 1. The molecule has 2 aromatic rings. The number of halogens is 1. The molecule has 1 atom stereocenters. The summed E-state index contributed by atoms with van der Waals surface area (Å²) in [5.74, 6) is 0. The summed E-state index contributed by atoms with van der Waals surface area (Å²) in [4.78, 5) is 0. The van der Waals surface area contributed by atoms with E-state index in [4.69, 9.17) is 0 Å². The van der Waals surface area contributed by atoms with Crippen LogP contribution in [0.15, 0.2) is 41.1 Å². The predicted octanol–water partition coefficient (Wildman–Crippen LogP) is 3.82. The minimum Gasteiger partial charge on any atom is -0.313 e. The average Bonchev–Trinajstić information content (AvgIpc) is 2.92. The highest BCUT2D eigenvalue weighted by molar-refractivity contribution is 9.10. The number of nitrogens with one attached hydrogen (secondary N) is 1. The molecule has 0 fully saturated rings. The number of hydrogen-bond acceptors (Lipinski definition) is 2. The highest BCUT2D eigenvalue weighted by Gasteiger charge is 2.11. The molecule has 3 nitrogen and oxygen atoms in total. The molecule has 0 spiro atoms. The molecule has 1 N–H and O–H groups in total. The van der Waals surface area contributed by atoms with E-state index in [1.54, 1.807) is 0 Å². The first-order valence-electron chi connectivity index (χ1n) is 7.70. The minimum atomic E-state index is 0.453. The number of rotatable bonds is 8. The van der Waals surface area contributed by atoms with Gasteiger partial charge < -0.3 is 5.32 Å². The van der Waals surface area contributed by atoms with Crippen molar-refractivity contribution >= 4 is 15.9 Å². The zero-order valence-electron chi connectivity index (χ0n) is 12.8. The van der Waals surface area contributed by atoms with Crippen molar-refractivity contribution in [2.24, 2.45) is 0 Å². The zero-order chi connectivity index (χ0) is 15.1. The van der Waals surface area contributed by atoms with Gasteiger partial charge >= 0.3 is 0 Å². The smallest absolute Gasteiger partial charge is 0.0522 e. The lowest BCUT2D eigenvalue weighted by Gasteiger charge is -2.18. The lowest BCUT2D eigenvalue weighted by atomic mass is 10.0. The van der Waals surface area contributed by atoms with E-state index in [0.717, 1.165) is 36.8 Å². The second-order valence-electron chi connectivity index (χ2n) is 5.39. The van der Waals surface area contributed by atoms with Gasteiger partial charge in [-0.1, -0.05) is 35.0 Å². The Hall–Kier alpha value is -1.13. The summed E-state index contributed by atoms with van der Waals surface area (Å²) in [5, 5.41) is 8.03. The number of aromatic nitrogens is 2. The van der Waals surface area contributed by atoms with Crippen LogP contribution >= 0.6 is 15.9 Å². The van der Waals surface area contributed by atoms with Crippen molar-refractivity contribution in [3.63, 3.8) is 0 Å². The Kier molecular flexibility index (Phi) is 6.46. The molecule has 114 valence electrons. The summed E-state index contributed by atoms with van der Waals surface area (Å²) in [6.07, 6.45) is 7.36. The number of aryl methyl sites for hydroxylation is 1. The molecule has 1 heterocycles. The van der Waals surface area contributed by atoms with Gasteiger partial charge in [-0.2, -0.15) is 5.10 Å². The number of nitrogens with zero attached hydrogens (tertiary/aromatic N) is 2. The van der Waals surface area contributed by atoms with Crippen molar-refractivity contribution in [2.45, 2.75) is 45.7 Å². The predicted molar refractivity (Wildman–Crippen MR) is 91.5 cm³/mol. The Morgan fingerprint density at radius 3 is 2.71 bits per heavy atom. The summed E-state index contributed by atoms with van der Waals surface area (Å²) < 4.78 is 3.14. The molecular formula is C17H24BrN3. The van der Waals surface area contributed by atoms with Gasteiger partial charge in [0, 0.05) is 23.3 Å². The molecule has 0 saturated carbocycles. The first kappa shape index (κ1) is 16.2. The molecule has 0 aliphatic carbocycles. The first-order chi connectivity index (χ1) is 10.2. The van der Waals surface area contributed by atoms with Gasteiger partial charge in [-0.05, 0) is 56.0 Å². The number of benzene rings is 1. The lowest BCUT2D eigenvalue weighted by molar-refractivity contribution is 0.504. The maximum absolute atomic E-state index is 4.37. The highest BCUT2D eigenvalue weighted by atomic mass is 79.9. The molecule has 0 aliphatic heterocycles. The van der Waals surface area contributed by atoms with Crippen LogP contribution in [0.4, 0.5) is 0 Å². The van der Waals surface area contributed by atoms with Crippen LogP contribution in [-0.2, 0) is 19.4 Å². The second-order valence-corrected chi connectivity index (χ2v) is 6.31. The van der Waals surface area contributed by atoms with Crippen LogP contribution in [0.1, 0.15) is 31.4 Å². The summed E-state index contributed by atoms with van der Waals surface area (Å²) in [6.45, 7) is 6.31. The van der Waals surface area contributed by atoms with Gasteiger partial charge in [-0.3, -0.25) is 4.68 Å². The van der Waals surface area contributed by atoms with Gasteiger partial charge in [0.1, 0.15) is 0 Å². The van der Waals surface area contributed by atoms with E-state index < -0.39 is 0 Å². The molecule has 1 unspecified atom stereocenters. The fourth-order valence-corrected chi connectivity index (χ4v) is 2.93. The van der Waals surface area contributed by atoms with Crippen LogP contribution in [-0.4, -0.2) is 22.4 Å². The van der Waals surface area contributed by atoms with Crippen molar-refractivity contribution in [1.82, 2.24) is 15.1 Å². The summed E-state index contributed by atoms with van der Waals surface area (Å²) in [6, 6.07) is 9.03. The maximum Gasteiger partial charge on any atom is 0.0522 e. The Bertz CT molecular complexity index is 550. The SMILES string of the molecule is CCCNC(Cc1cccc(Br)c1)Cc1cnn(CC)c1. The third-order valence-electron chi connectivity index (χ3n) is 3.55. The van der Waals surface area contributed by atoms with E-state index in [-0.39, 0.29) is 0 Å². The van der Waals surface area contributed by atoms with Crippen molar-refractivity contribution in [2.75, 3.05) is 6.54 Å². The third kappa shape index (κ3) is 5.29. The molecule has 1 aromatic heterocycles. The van der Waals surface area contributed by atoms with Gasteiger partial charge in [-0.15, -0.1) is 0 Å². The summed E-state index contributed by atoms with van der Waals surface area (Å²) >= 11 is 3.55.